The van der Waals surface area contributed by atoms with Gasteiger partial charge in [-0.25, -0.2) is 0 Å². The van der Waals surface area contributed by atoms with Crippen LogP contribution in [0.1, 0.15) is 20.8 Å². The second kappa shape index (κ2) is 2.97. The lowest BCUT2D eigenvalue weighted by molar-refractivity contribution is -0.131. The molecule has 2 N–H and O–H groups in total. The Labute approximate surface area is 104 Å². The molecular formula is C12H12N4O2. The minimum absolute atomic E-state index is 0.209. The predicted octanol–water partition coefficient (Wildman–Crippen LogP) is 0.149. The maximum absolute atomic E-state index is 12.3. The van der Waals surface area contributed by atoms with E-state index in [-0.39, 0.29) is 11.6 Å². The van der Waals surface area contributed by atoms with E-state index in [4.69, 9.17) is 5.73 Å². The molecule has 18 heavy (non-hydrogen) atoms. The summed E-state index contributed by atoms with van der Waals surface area (Å²) in [5.41, 5.74) is 1.59. The Kier molecular flexibility index (Phi) is 2.02. The van der Waals surface area contributed by atoms with E-state index in [1.807, 2.05) is 6.07 Å². The van der Waals surface area contributed by atoms with Gasteiger partial charge in [-0.1, -0.05) is 20.8 Å². The monoisotopic (exact) mass is 244 g/mol. The molecule has 6 heteroatoms. The molecule has 0 bridgehead atoms. The summed E-state index contributed by atoms with van der Waals surface area (Å²) >= 11 is 0. The molecule has 1 aliphatic carbocycles. The number of rotatable bonds is 1. The van der Waals surface area contributed by atoms with Crippen molar-refractivity contribution in [2.24, 2.45) is 32.9 Å². The maximum Gasteiger partial charge on any atom is 0.270 e. The quantitative estimate of drug-likeness (QED) is 0.703. The molecule has 0 unspecified atom stereocenters. The number of ketones is 1. The Hall–Kier alpha value is -2.21. The van der Waals surface area contributed by atoms with Gasteiger partial charge in [-0.05, 0) is 0 Å². The summed E-state index contributed by atoms with van der Waals surface area (Å²) in [6.07, 6.45) is 0. The number of nitrogens with zero attached hydrogens (tertiary/aromatic N) is 3. The van der Waals surface area contributed by atoms with Crippen molar-refractivity contribution in [3.8, 4) is 12.1 Å². The zero-order chi connectivity index (χ0) is 13.9. The van der Waals surface area contributed by atoms with Crippen molar-refractivity contribution in [1.29, 1.82) is 10.5 Å². The van der Waals surface area contributed by atoms with Crippen LogP contribution >= 0.6 is 0 Å². The van der Waals surface area contributed by atoms with E-state index < -0.39 is 28.1 Å². The van der Waals surface area contributed by atoms with E-state index in [2.05, 4.69) is 4.99 Å². The molecule has 2 aliphatic rings. The predicted molar refractivity (Wildman–Crippen MR) is 60.7 cm³/mol. The fourth-order valence-corrected chi connectivity index (χ4v) is 2.64. The number of aliphatic imine (C=N–C) groups is 1. The van der Waals surface area contributed by atoms with E-state index in [0.29, 0.717) is 0 Å². The number of hydrogen-bond acceptors (Lipinski definition) is 5. The van der Waals surface area contributed by atoms with Crippen molar-refractivity contribution >= 4 is 17.5 Å². The van der Waals surface area contributed by atoms with Gasteiger partial charge < -0.3 is 5.73 Å². The topological polar surface area (TPSA) is 120 Å². The fourth-order valence-electron chi connectivity index (χ4n) is 2.64. The number of Topliss-reactive ketones (excluding diaryl/α,β-unsaturated/α-hetero) is 1. The van der Waals surface area contributed by atoms with Gasteiger partial charge in [0.25, 0.3) is 5.91 Å². The van der Waals surface area contributed by atoms with Crippen LogP contribution in [0.15, 0.2) is 4.99 Å². The summed E-state index contributed by atoms with van der Waals surface area (Å²) in [5.74, 6) is -2.28. The summed E-state index contributed by atoms with van der Waals surface area (Å²) in [5, 5.41) is 18.5. The zero-order valence-electron chi connectivity index (χ0n) is 10.3. The molecule has 6 nitrogen and oxygen atoms in total. The molecule has 0 saturated heterocycles. The van der Waals surface area contributed by atoms with Crippen molar-refractivity contribution in [3.63, 3.8) is 0 Å². The van der Waals surface area contributed by atoms with Crippen molar-refractivity contribution in [2.45, 2.75) is 20.8 Å². The van der Waals surface area contributed by atoms with Gasteiger partial charge in [0, 0.05) is 5.41 Å². The third-order valence-electron chi connectivity index (χ3n) is 3.72. The second-order valence-electron chi connectivity index (χ2n) is 5.69. The highest BCUT2D eigenvalue weighted by Gasteiger charge is 2.90. The zero-order valence-corrected chi connectivity index (χ0v) is 10.3. The Bertz CT molecular complexity index is 587. The first kappa shape index (κ1) is 12.3. The number of amidine groups is 1. The standard InChI is InChI=1S/C12H12N4O2/c1-10(2,3)7(17)6-11(4-13)8(15)16-9(18)12(6,11)5-14/h6H,1-3H3,(H2,15,16,18)/t6-,11-,12-/m1/s1. The molecule has 1 saturated carbocycles. The molecule has 1 fully saturated rings. The molecule has 1 amide bonds. The molecule has 1 heterocycles. The highest BCUT2D eigenvalue weighted by atomic mass is 16.2. The molecule has 92 valence electrons. The van der Waals surface area contributed by atoms with Crippen LogP contribution in [-0.2, 0) is 9.59 Å². The molecule has 2 rings (SSSR count). The molecule has 3 atom stereocenters. The Balaban J connectivity index is 2.60. The molecular weight excluding hydrogens is 232 g/mol. The summed E-state index contributed by atoms with van der Waals surface area (Å²) in [4.78, 5) is 27.6. The molecule has 0 spiro atoms. The van der Waals surface area contributed by atoms with E-state index in [1.54, 1.807) is 26.8 Å². The van der Waals surface area contributed by atoms with E-state index in [9.17, 15) is 20.1 Å². The van der Waals surface area contributed by atoms with Gasteiger partial charge in [0.1, 0.15) is 11.6 Å². The smallest absolute Gasteiger partial charge is 0.270 e. The number of carbonyl (C=O) groups excluding carboxylic acids is 2. The van der Waals surface area contributed by atoms with Gasteiger partial charge in [0.2, 0.25) is 0 Å². The first-order chi connectivity index (χ1) is 8.20. The Morgan fingerprint density at radius 2 is 1.83 bits per heavy atom. The normalized spacial score (nSPS) is 37.3. The number of nitriles is 2. The summed E-state index contributed by atoms with van der Waals surface area (Å²) in [6, 6.07) is 3.67. The van der Waals surface area contributed by atoms with Gasteiger partial charge in [-0.2, -0.15) is 15.5 Å². The SMILES string of the molecule is CC(C)(C)C(=O)[C@H]1[C@]2(C#N)C(=O)N=C(N)[C@@]12C#N. The maximum atomic E-state index is 12.3. The van der Waals surface area contributed by atoms with Crippen molar-refractivity contribution in [3.05, 3.63) is 0 Å². The van der Waals surface area contributed by atoms with Crippen LogP contribution in [0.3, 0.4) is 0 Å². The first-order valence-corrected chi connectivity index (χ1v) is 5.46. The van der Waals surface area contributed by atoms with Gasteiger partial charge in [0.15, 0.2) is 10.8 Å². The lowest BCUT2D eigenvalue weighted by atomic mass is 9.84. The Morgan fingerprint density at radius 1 is 1.33 bits per heavy atom. The van der Waals surface area contributed by atoms with Gasteiger partial charge in [-0.3, -0.25) is 9.59 Å². The number of fused-ring (bicyclic) bond motifs is 1. The molecule has 0 aromatic carbocycles. The average Bonchev–Trinajstić information content (AvgIpc) is 2.83. The fraction of sp³-hybridized carbons (Fsp3) is 0.583. The highest BCUT2D eigenvalue weighted by Crippen LogP contribution is 2.73. The largest absolute Gasteiger partial charge is 0.386 e. The van der Waals surface area contributed by atoms with Gasteiger partial charge in [0.05, 0.1) is 18.1 Å². The van der Waals surface area contributed by atoms with Crippen LogP contribution in [0.4, 0.5) is 0 Å². The van der Waals surface area contributed by atoms with Crippen molar-refractivity contribution in [2.75, 3.05) is 0 Å². The molecule has 0 aromatic heterocycles. The third-order valence-corrected chi connectivity index (χ3v) is 3.72. The van der Waals surface area contributed by atoms with E-state index >= 15 is 0 Å². The van der Waals surface area contributed by atoms with Crippen LogP contribution < -0.4 is 5.73 Å². The molecule has 0 aromatic rings. The molecule has 0 radical (unpaired) electrons. The number of carbonyl (C=O) groups is 2. The van der Waals surface area contributed by atoms with Crippen LogP contribution in [-0.4, -0.2) is 17.5 Å². The summed E-state index contributed by atoms with van der Waals surface area (Å²) < 4.78 is 0. The summed E-state index contributed by atoms with van der Waals surface area (Å²) in [7, 11) is 0. The number of hydrogen-bond donors (Lipinski definition) is 1. The van der Waals surface area contributed by atoms with Crippen LogP contribution in [0.2, 0.25) is 0 Å². The second-order valence-corrected chi connectivity index (χ2v) is 5.69. The molecule has 1 aliphatic heterocycles. The minimum Gasteiger partial charge on any atom is -0.386 e. The Morgan fingerprint density at radius 3 is 2.17 bits per heavy atom. The van der Waals surface area contributed by atoms with E-state index in [1.165, 1.54) is 0 Å². The van der Waals surface area contributed by atoms with E-state index in [0.717, 1.165) is 0 Å². The lowest BCUT2D eigenvalue weighted by Gasteiger charge is -2.18. The number of nitrogens with two attached hydrogens (primary N) is 1. The van der Waals surface area contributed by atoms with Gasteiger partial charge in [-0.15, -0.1) is 0 Å². The van der Waals surface area contributed by atoms with Gasteiger partial charge >= 0.3 is 0 Å². The van der Waals surface area contributed by atoms with Crippen molar-refractivity contribution < 1.29 is 9.59 Å². The third kappa shape index (κ3) is 0.948. The first-order valence-electron chi connectivity index (χ1n) is 5.46. The van der Waals surface area contributed by atoms with Crippen LogP contribution in [0, 0.1) is 44.8 Å². The van der Waals surface area contributed by atoms with Crippen LogP contribution in [0.25, 0.3) is 0 Å². The number of amides is 1. The lowest BCUT2D eigenvalue weighted by Crippen LogP contribution is -2.31. The average molecular weight is 244 g/mol. The highest BCUT2D eigenvalue weighted by molar-refractivity contribution is 6.22. The minimum atomic E-state index is -1.70. The van der Waals surface area contributed by atoms with Crippen molar-refractivity contribution in [1.82, 2.24) is 0 Å². The summed E-state index contributed by atoms with van der Waals surface area (Å²) in [6.45, 7) is 5.03. The van der Waals surface area contributed by atoms with Crippen LogP contribution in [0.5, 0.6) is 0 Å².